The Morgan fingerprint density at radius 3 is 2.32 bits per heavy atom. The highest BCUT2D eigenvalue weighted by atomic mass is 32.2. The normalized spacial score (nSPS) is 11.2. The van der Waals surface area contributed by atoms with E-state index < -0.39 is 21.4 Å². The molecule has 0 amide bonds. The number of Topliss-reactive ketones (excluding diaryl/α,β-unsaturated/α-hetero) is 1. The van der Waals surface area contributed by atoms with Crippen molar-refractivity contribution in [1.29, 1.82) is 0 Å². The lowest BCUT2D eigenvalue weighted by atomic mass is 10.2. The van der Waals surface area contributed by atoms with Crippen LogP contribution in [0.3, 0.4) is 0 Å². The summed E-state index contributed by atoms with van der Waals surface area (Å²) in [6.07, 6.45) is 1.52. The zero-order valence-corrected chi connectivity index (χ0v) is 13.9. The zero-order valence-electron chi connectivity index (χ0n) is 13.1. The van der Waals surface area contributed by atoms with Gasteiger partial charge in [0.15, 0.2) is 5.78 Å². The van der Waals surface area contributed by atoms with Gasteiger partial charge in [0.1, 0.15) is 16.5 Å². The number of ketones is 1. The molecule has 0 bridgehead atoms. The van der Waals surface area contributed by atoms with E-state index in [9.17, 15) is 18.1 Å². The molecule has 3 aromatic rings. The van der Waals surface area contributed by atoms with E-state index in [-0.39, 0.29) is 10.7 Å². The quantitative estimate of drug-likeness (QED) is 0.500. The number of para-hydroxylation sites is 1. The molecule has 25 heavy (non-hydrogen) atoms. The van der Waals surface area contributed by atoms with Crippen LogP contribution >= 0.6 is 0 Å². The van der Waals surface area contributed by atoms with E-state index >= 15 is 0 Å². The number of sulfone groups is 1. The maximum atomic E-state index is 12.7. The Labute approximate surface area is 144 Å². The number of nitrogens with zero attached hydrogens (tertiary/aromatic N) is 2. The van der Waals surface area contributed by atoms with Gasteiger partial charge in [0.25, 0.3) is 0 Å². The van der Waals surface area contributed by atoms with Crippen molar-refractivity contribution in [2.24, 2.45) is 5.18 Å². The van der Waals surface area contributed by atoms with Crippen molar-refractivity contribution in [2.75, 3.05) is 5.75 Å². The van der Waals surface area contributed by atoms with Crippen LogP contribution < -0.4 is 0 Å². The topological polar surface area (TPSA) is 85.6 Å². The molecule has 0 fully saturated rings. The predicted molar refractivity (Wildman–Crippen MR) is 94.0 cm³/mol. The number of hydrogen-bond acceptors (Lipinski definition) is 5. The standard InChI is InChI=1S/C18H14N2O4S/c21-17(14-7-2-1-3-8-14)13-25(23,24)18-11-6-12-20(18)16-10-5-4-9-15(16)19-22/h1-12H,13H2. The van der Waals surface area contributed by atoms with Crippen molar-refractivity contribution in [1.82, 2.24) is 4.57 Å². The number of carbonyl (C=O) groups excluding carboxylic acids is 1. The van der Waals surface area contributed by atoms with Crippen molar-refractivity contribution in [3.05, 3.63) is 83.4 Å². The average Bonchev–Trinajstić information content (AvgIpc) is 3.12. The molecular weight excluding hydrogens is 340 g/mol. The van der Waals surface area contributed by atoms with Gasteiger partial charge < -0.3 is 4.57 Å². The van der Waals surface area contributed by atoms with E-state index in [2.05, 4.69) is 5.18 Å². The Bertz CT molecular complexity index is 1020. The second-order valence-electron chi connectivity index (χ2n) is 5.34. The van der Waals surface area contributed by atoms with Crippen molar-refractivity contribution < 1.29 is 13.2 Å². The van der Waals surface area contributed by atoms with Gasteiger partial charge in [-0.15, -0.1) is 4.91 Å². The number of aromatic nitrogens is 1. The van der Waals surface area contributed by atoms with E-state index in [0.29, 0.717) is 11.3 Å². The molecule has 7 heteroatoms. The lowest BCUT2D eigenvalue weighted by Gasteiger charge is -2.11. The number of nitroso groups, excluding NO2 is 1. The molecule has 0 aliphatic carbocycles. The van der Waals surface area contributed by atoms with E-state index in [0.717, 1.165) is 0 Å². The van der Waals surface area contributed by atoms with E-state index in [1.807, 2.05) is 0 Å². The highest BCUT2D eigenvalue weighted by Crippen LogP contribution is 2.27. The Morgan fingerprint density at radius 2 is 1.60 bits per heavy atom. The minimum Gasteiger partial charge on any atom is -0.305 e. The SMILES string of the molecule is O=Nc1ccccc1-n1cccc1S(=O)(=O)CC(=O)c1ccccc1. The van der Waals surface area contributed by atoms with Crippen molar-refractivity contribution in [2.45, 2.75) is 5.03 Å². The number of benzene rings is 2. The molecule has 0 aliphatic heterocycles. The van der Waals surface area contributed by atoms with Crippen molar-refractivity contribution >= 4 is 21.3 Å². The second-order valence-corrected chi connectivity index (χ2v) is 7.28. The molecule has 3 rings (SSSR count). The molecule has 2 aromatic carbocycles. The minimum atomic E-state index is -3.90. The fraction of sp³-hybridized carbons (Fsp3) is 0.0556. The first-order valence-corrected chi connectivity index (χ1v) is 9.09. The van der Waals surface area contributed by atoms with Crippen LogP contribution in [0.5, 0.6) is 0 Å². The third-order valence-electron chi connectivity index (χ3n) is 3.69. The average molecular weight is 354 g/mol. The maximum Gasteiger partial charge on any atom is 0.201 e. The van der Waals surface area contributed by atoms with Crippen molar-refractivity contribution in [3.63, 3.8) is 0 Å². The van der Waals surface area contributed by atoms with Gasteiger partial charge in [-0.2, -0.15) is 0 Å². The predicted octanol–water partition coefficient (Wildman–Crippen LogP) is 3.53. The molecule has 6 nitrogen and oxygen atoms in total. The van der Waals surface area contributed by atoms with Gasteiger partial charge in [0, 0.05) is 11.8 Å². The summed E-state index contributed by atoms with van der Waals surface area (Å²) in [4.78, 5) is 23.2. The van der Waals surface area contributed by atoms with Gasteiger partial charge in [-0.25, -0.2) is 8.42 Å². The Morgan fingerprint density at radius 1 is 0.920 bits per heavy atom. The summed E-state index contributed by atoms with van der Waals surface area (Å²) in [6, 6.07) is 17.6. The lowest BCUT2D eigenvalue weighted by Crippen LogP contribution is -2.19. The van der Waals surface area contributed by atoms with Gasteiger partial charge in [-0.3, -0.25) is 4.79 Å². The Balaban J connectivity index is 1.99. The summed E-state index contributed by atoms with van der Waals surface area (Å²) in [5.41, 5.74) is 0.789. The molecule has 1 heterocycles. The fourth-order valence-electron chi connectivity index (χ4n) is 2.52. The Hall–Kier alpha value is -3.06. The lowest BCUT2D eigenvalue weighted by molar-refractivity contribution is 0.102. The molecule has 0 atom stereocenters. The van der Waals surface area contributed by atoms with Crippen LogP contribution in [0.2, 0.25) is 0 Å². The first-order chi connectivity index (χ1) is 12.0. The molecule has 0 radical (unpaired) electrons. The van der Waals surface area contributed by atoms with Crippen LogP contribution in [-0.4, -0.2) is 24.5 Å². The maximum absolute atomic E-state index is 12.7. The summed E-state index contributed by atoms with van der Waals surface area (Å²) >= 11 is 0. The van der Waals surface area contributed by atoms with E-state index in [4.69, 9.17) is 0 Å². The number of hydrogen-bond donors (Lipinski definition) is 0. The molecule has 0 aliphatic rings. The molecule has 1 aromatic heterocycles. The van der Waals surface area contributed by atoms with E-state index in [1.165, 1.54) is 22.9 Å². The summed E-state index contributed by atoms with van der Waals surface area (Å²) in [7, 11) is -3.90. The fourth-order valence-corrected chi connectivity index (χ4v) is 3.92. The molecule has 0 N–H and O–H groups in total. The summed E-state index contributed by atoms with van der Waals surface area (Å²) < 4.78 is 26.8. The minimum absolute atomic E-state index is 0.0621. The summed E-state index contributed by atoms with van der Waals surface area (Å²) in [6.45, 7) is 0. The summed E-state index contributed by atoms with van der Waals surface area (Å²) in [5.74, 6) is -1.15. The van der Waals surface area contributed by atoms with Crippen LogP contribution in [-0.2, 0) is 9.84 Å². The first-order valence-electron chi connectivity index (χ1n) is 7.44. The monoisotopic (exact) mass is 354 g/mol. The van der Waals surface area contributed by atoms with Gasteiger partial charge in [0.2, 0.25) is 9.84 Å². The van der Waals surface area contributed by atoms with Crippen LogP contribution in [0.4, 0.5) is 5.69 Å². The van der Waals surface area contributed by atoms with E-state index in [1.54, 1.807) is 54.6 Å². The summed E-state index contributed by atoms with van der Waals surface area (Å²) in [5, 5.41) is 2.86. The largest absolute Gasteiger partial charge is 0.305 e. The third-order valence-corrected chi connectivity index (χ3v) is 5.30. The smallest absolute Gasteiger partial charge is 0.201 e. The highest BCUT2D eigenvalue weighted by molar-refractivity contribution is 7.92. The number of carbonyl (C=O) groups is 1. The Kier molecular flexibility index (Phi) is 4.58. The molecular formula is C18H14N2O4S. The van der Waals surface area contributed by atoms with Crippen molar-refractivity contribution in [3.8, 4) is 5.69 Å². The van der Waals surface area contributed by atoms with Crippen LogP contribution in [0.25, 0.3) is 5.69 Å². The van der Waals surface area contributed by atoms with Crippen LogP contribution in [0.15, 0.2) is 83.1 Å². The molecule has 0 saturated heterocycles. The van der Waals surface area contributed by atoms with Gasteiger partial charge in [-0.1, -0.05) is 42.5 Å². The van der Waals surface area contributed by atoms with Gasteiger partial charge >= 0.3 is 0 Å². The highest BCUT2D eigenvalue weighted by Gasteiger charge is 2.24. The zero-order chi connectivity index (χ0) is 17.9. The first kappa shape index (κ1) is 16.8. The molecule has 0 spiro atoms. The van der Waals surface area contributed by atoms with Gasteiger partial charge in [-0.05, 0) is 29.4 Å². The van der Waals surface area contributed by atoms with Gasteiger partial charge in [0.05, 0.1) is 5.69 Å². The second kappa shape index (κ2) is 6.82. The van der Waals surface area contributed by atoms with Crippen LogP contribution in [0.1, 0.15) is 10.4 Å². The number of rotatable bonds is 6. The molecule has 0 saturated carbocycles. The van der Waals surface area contributed by atoms with Crippen LogP contribution in [0, 0.1) is 4.91 Å². The molecule has 126 valence electrons. The molecule has 0 unspecified atom stereocenters. The third kappa shape index (κ3) is 3.41.